The maximum atomic E-state index is 11.7. The Kier molecular flexibility index (Phi) is 7.32. The zero-order valence-electron chi connectivity index (χ0n) is 12.3. The standard InChI is InChI=1S/C13H26N4O3/c1-10(2)9-11(12(18)19)16-13(20)15-5-8-17-6-3-14-4-7-17/h10-11,14H,3-9H2,1-2H3,(H,18,19)(H2,15,16,20)/t11-/m1/s1. The predicted octanol–water partition coefficient (Wildman–Crippen LogP) is -0.310. The maximum absolute atomic E-state index is 11.7. The number of aliphatic carboxylic acids is 1. The van der Waals surface area contributed by atoms with Crippen LogP contribution in [0.4, 0.5) is 4.79 Å². The monoisotopic (exact) mass is 286 g/mol. The van der Waals surface area contributed by atoms with Crippen LogP contribution in [0.15, 0.2) is 0 Å². The van der Waals surface area contributed by atoms with Gasteiger partial charge in [0.25, 0.3) is 0 Å². The fourth-order valence-electron chi connectivity index (χ4n) is 2.16. The van der Waals surface area contributed by atoms with Gasteiger partial charge in [0.1, 0.15) is 6.04 Å². The first-order valence-corrected chi connectivity index (χ1v) is 7.19. The molecule has 7 heteroatoms. The Morgan fingerprint density at radius 1 is 1.30 bits per heavy atom. The minimum absolute atomic E-state index is 0.220. The van der Waals surface area contributed by atoms with Gasteiger partial charge in [0.05, 0.1) is 0 Å². The minimum Gasteiger partial charge on any atom is -0.480 e. The molecule has 1 atom stereocenters. The van der Waals surface area contributed by atoms with E-state index in [0.29, 0.717) is 13.0 Å². The summed E-state index contributed by atoms with van der Waals surface area (Å²) in [6.45, 7) is 9.09. The summed E-state index contributed by atoms with van der Waals surface area (Å²) in [6, 6.07) is -1.23. The highest BCUT2D eigenvalue weighted by Gasteiger charge is 2.20. The topological polar surface area (TPSA) is 93.7 Å². The summed E-state index contributed by atoms with van der Waals surface area (Å²) in [7, 11) is 0. The van der Waals surface area contributed by atoms with E-state index >= 15 is 0 Å². The number of amides is 2. The Morgan fingerprint density at radius 2 is 1.95 bits per heavy atom. The zero-order chi connectivity index (χ0) is 15.0. The molecule has 0 aliphatic carbocycles. The number of nitrogens with one attached hydrogen (secondary N) is 3. The van der Waals surface area contributed by atoms with E-state index in [2.05, 4.69) is 20.9 Å². The first-order chi connectivity index (χ1) is 9.49. The normalized spacial score (nSPS) is 17.8. The SMILES string of the molecule is CC(C)C[C@@H](NC(=O)NCCN1CCNCC1)C(=O)O. The molecule has 1 saturated heterocycles. The van der Waals surface area contributed by atoms with Gasteiger partial charge in [-0.3, -0.25) is 4.90 Å². The molecule has 0 unspecified atom stereocenters. The third-order valence-corrected chi connectivity index (χ3v) is 3.23. The second-order valence-corrected chi connectivity index (χ2v) is 5.51. The van der Waals surface area contributed by atoms with Crippen LogP contribution in [0.5, 0.6) is 0 Å². The summed E-state index contributed by atoms with van der Waals surface area (Å²) in [5.41, 5.74) is 0. The predicted molar refractivity (Wildman–Crippen MR) is 76.7 cm³/mol. The van der Waals surface area contributed by atoms with E-state index in [4.69, 9.17) is 5.11 Å². The van der Waals surface area contributed by atoms with E-state index in [9.17, 15) is 9.59 Å². The molecular weight excluding hydrogens is 260 g/mol. The van der Waals surface area contributed by atoms with Crippen LogP contribution in [0.3, 0.4) is 0 Å². The average molecular weight is 286 g/mol. The molecule has 0 bridgehead atoms. The molecule has 1 aliphatic heterocycles. The molecule has 4 N–H and O–H groups in total. The number of carboxylic acid groups (broad SMARTS) is 1. The number of rotatable bonds is 7. The van der Waals surface area contributed by atoms with Crippen LogP contribution in [0.2, 0.25) is 0 Å². The fraction of sp³-hybridized carbons (Fsp3) is 0.846. The molecule has 0 spiro atoms. The molecule has 1 rings (SSSR count). The lowest BCUT2D eigenvalue weighted by Crippen LogP contribution is -2.50. The molecule has 116 valence electrons. The Labute approximate surface area is 120 Å². The Morgan fingerprint density at radius 3 is 2.50 bits per heavy atom. The number of hydrogen-bond acceptors (Lipinski definition) is 4. The maximum Gasteiger partial charge on any atom is 0.326 e. The van der Waals surface area contributed by atoms with Crippen molar-refractivity contribution < 1.29 is 14.7 Å². The first-order valence-electron chi connectivity index (χ1n) is 7.19. The summed E-state index contributed by atoms with van der Waals surface area (Å²) < 4.78 is 0. The lowest BCUT2D eigenvalue weighted by atomic mass is 10.0. The van der Waals surface area contributed by atoms with Gasteiger partial charge in [-0.1, -0.05) is 13.8 Å². The summed E-state index contributed by atoms with van der Waals surface area (Å²) in [5, 5.41) is 17.5. The van der Waals surface area contributed by atoms with Gasteiger partial charge in [0, 0.05) is 39.3 Å². The summed E-state index contributed by atoms with van der Waals surface area (Å²) in [6.07, 6.45) is 0.431. The largest absolute Gasteiger partial charge is 0.480 e. The summed E-state index contributed by atoms with van der Waals surface area (Å²) in [4.78, 5) is 25.0. The third kappa shape index (κ3) is 6.72. The van der Waals surface area contributed by atoms with Crippen molar-refractivity contribution >= 4 is 12.0 Å². The van der Waals surface area contributed by atoms with Crippen LogP contribution < -0.4 is 16.0 Å². The highest BCUT2D eigenvalue weighted by atomic mass is 16.4. The zero-order valence-corrected chi connectivity index (χ0v) is 12.3. The van der Waals surface area contributed by atoms with Crippen molar-refractivity contribution in [2.24, 2.45) is 5.92 Å². The van der Waals surface area contributed by atoms with Gasteiger partial charge in [0.2, 0.25) is 0 Å². The molecule has 7 nitrogen and oxygen atoms in total. The van der Waals surface area contributed by atoms with Crippen molar-refractivity contribution in [3.05, 3.63) is 0 Å². The van der Waals surface area contributed by atoms with Crippen molar-refractivity contribution in [2.75, 3.05) is 39.3 Å². The smallest absolute Gasteiger partial charge is 0.326 e. The molecule has 0 radical (unpaired) electrons. The Hall–Kier alpha value is -1.34. The van der Waals surface area contributed by atoms with Gasteiger partial charge < -0.3 is 21.1 Å². The van der Waals surface area contributed by atoms with Gasteiger partial charge in [-0.05, 0) is 12.3 Å². The van der Waals surface area contributed by atoms with Crippen LogP contribution >= 0.6 is 0 Å². The van der Waals surface area contributed by atoms with Crippen LogP contribution in [-0.4, -0.2) is 67.3 Å². The summed E-state index contributed by atoms with van der Waals surface area (Å²) >= 11 is 0. The highest BCUT2D eigenvalue weighted by Crippen LogP contribution is 2.04. The molecule has 0 aromatic rings. The number of piperazine rings is 1. The first kappa shape index (κ1) is 16.7. The molecule has 1 heterocycles. The molecule has 20 heavy (non-hydrogen) atoms. The highest BCUT2D eigenvalue weighted by molar-refractivity contribution is 5.82. The lowest BCUT2D eigenvalue weighted by molar-refractivity contribution is -0.139. The van der Waals surface area contributed by atoms with Crippen molar-refractivity contribution in [1.82, 2.24) is 20.9 Å². The molecule has 0 aromatic heterocycles. The second kappa shape index (κ2) is 8.76. The fourth-order valence-corrected chi connectivity index (χ4v) is 2.16. The van der Waals surface area contributed by atoms with Gasteiger partial charge >= 0.3 is 12.0 Å². The molecule has 1 aliphatic rings. The van der Waals surface area contributed by atoms with E-state index in [-0.39, 0.29) is 5.92 Å². The number of nitrogens with zero attached hydrogens (tertiary/aromatic N) is 1. The molecular formula is C13H26N4O3. The average Bonchev–Trinajstić information content (AvgIpc) is 2.38. The van der Waals surface area contributed by atoms with Gasteiger partial charge in [0.15, 0.2) is 0 Å². The van der Waals surface area contributed by atoms with E-state index in [0.717, 1.165) is 32.7 Å². The van der Waals surface area contributed by atoms with Crippen LogP contribution in [0.1, 0.15) is 20.3 Å². The molecule has 1 fully saturated rings. The second-order valence-electron chi connectivity index (χ2n) is 5.51. The van der Waals surface area contributed by atoms with Gasteiger partial charge in [-0.15, -0.1) is 0 Å². The van der Waals surface area contributed by atoms with Crippen LogP contribution in [0.25, 0.3) is 0 Å². The van der Waals surface area contributed by atoms with Crippen LogP contribution in [-0.2, 0) is 4.79 Å². The van der Waals surface area contributed by atoms with Crippen molar-refractivity contribution in [3.8, 4) is 0 Å². The van der Waals surface area contributed by atoms with Gasteiger partial charge in [-0.25, -0.2) is 9.59 Å². The van der Waals surface area contributed by atoms with Gasteiger partial charge in [-0.2, -0.15) is 0 Å². The summed E-state index contributed by atoms with van der Waals surface area (Å²) in [5.74, 6) is -0.770. The van der Waals surface area contributed by atoms with E-state index in [1.54, 1.807) is 0 Å². The third-order valence-electron chi connectivity index (χ3n) is 3.23. The molecule has 0 saturated carbocycles. The number of hydrogen-bond donors (Lipinski definition) is 4. The van der Waals surface area contributed by atoms with E-state index in [1.807, 2.05) is 13.8 Å². The Balaban J connectivity index is 2.21. The lowest BCUT2D eigenvalue weighted by Gasteiger charge is -2.27. The quantitative estimate of drug-likeness (QED) is 0.515. The van der Waals surface area contributed by atoms with Crippen LogP contribution in [0, 0.1) is 5.92 Å². The number of urea groups is 1. The van der Waals surface area contributed by atoms with E-state index < -0.39 is 18.0 Å². The molecule has 0 aromatic carbocycles. The van der Waals surface area contributed by atoms with Crippen molar-refractivity contribution in [3.63, 3.8) is 0 Å². The van der Waals surface area contributed by atoms with Crippen molar-refractivity contribution in [1.29, 1.82) is 0 Å². The van der Waals surface area contributed by atoms with E-state index in [1.165, 1.54) is 0 Å². The number of carboxylic acids is 1. The molecule has 2 amide bonds. The van der Waals surface area contributed by atoms with Crippen molar-refractivity contribution in [2.45, 2.75) is 26.3 Å². The number of carbonyl (C=O) groups is 2. The minimum atomic E-state index is -0.990. The Bertz CT molecular complexity index is 317. The number of carbonyl (C=O) groups excluding carboxylic acids is 1.